The molecular weight excluding hydrogens is 194 g/mol. The third-order valence-electron chi connectivity index (χ3n) is 2.51. The number of β-amino-alcohol motifs (C(OH)–C–C–N with tert-alkyl or cyclic N) is 1. The predicted molar refractivity (Wildman–Crippen MR) is 56.0 cm³/mol. The van der Waals surface area contributed by atoms with Gasteiger partial charge in [-0.05, 0) is 37.2 Å². The van der Waals surface area contributed by atoms with E-state index >= 15 is 0 Å². The fourth-order valence-corrected chi connectivity index (χ4v) is 1.66. The van der Waals surface area contributed by atoms with Gasteiger partial charge >= 0.3 is 0 Å². The third-order valence-corrected chi connectivity index (χ3v) is 2.51. The smallest absolute Gasteiger partial charge is 0.127 e. The Balaban J connectivity index is 1.98. The summed E-state index contributed by atoms with van der Waals surface area (Å²) in [5, 5.41) is 21.8. The molecule has 15 heavy (non-hydrogen) atoms. The second kappa shape index (κ2) is 4.51. The Hall–Kier alpha value is -1.26. The number of nitrogens with one attached hydrogen (secondary N) is 1. The van der Waals surface area contributed by atoms with Gasteiger partial charge < -0.3 is 20.3 Å². The van der Waals surface area contributed by atoms with Gasteiger partial charge in [-0.2, -0.15) is 0 Å². The zero-order chi connectivity index (χ0) is 10.7. The summed E-state index contributed by atoms with van der Waals surface area (Å²) in [5.41, 5.74) is 0. The van der Waals surface area contributed by atoms with Crippen LogP contribution in [-0.2, 0) is 0 Å². The van der Waals surface area contributed by atoms with Crippen LogP contribution in [0.15, 0.2) is 24.3 Å². The molecule has 0 amide bonds. The standard InChI is InChI=1S/C11H15NO3/c13-8-1-3-9(4-2-8)15-11-5-6-12-7-10(11)14/h1-4,10-14H,5-7H2. The molecule has 0 saturated carbocycles. The number of phenols is 1. The van der Waals surface area contributed by atoms with E-state index < -0.39 is 6.10 Å². The molecule has 2 atom stereocenters. The second-order valence-electron chi connectivity index (χ2n) is 3.71. The molecule has 1 aromatic rings. The lowest BCUT2D eigenvalue weighted by Crippen LogP contribution is -2.46. The number of hydrogen-bond acceptors (Lipinski definition) is 4. The molecule has 1 fully saturated rings. The maximum Gasteiger partial charge on any atom is 0.127 e. The first-order valence-corrected chi connectivity index (χ1v) is 5.10. The van der Waals surface area contributed by atoms with Gasteiger partial charge in [0.05, 0.1) is 0 Å². The first kappa shape index (κ1) is 10.3. The number of piperidine rings is 1. The van der Waals surface area contributed by atoms with Crippen LogP contribution < -0.4 is 10.1 Å². The van der Waals surface area contributed by atoms with Crippen LogP contribution in [0.4, 0.5) is 0 Å². The molecule has 1 heterocycles. The van der Waals surface area contributed by atoms with Gasteiger partial charge in [0.2, 0.25) is 0 Å². The molecule has 2 unspecified atom stereocenters. The van der Waals surface area contributed by atoms with Gasteiger partial charge in [0.15, 0.2) is 0 Å². The minimum Gasteiger partial charge on any atom is -0.508 e. The van der Waals surface area contributed by atoms with Crippen molar-refractivity contribution in [2.75, 3.05) is 13.1 Å². The van der Waals surface area contributed by atoms with Crippen LogP contribution in [0.25, 0.3) is 0 Å². The third kappa shape index (κ3) is 2.61. The molecule has 4 nitrogen and oxygen atoms in total. The quantitative estimate of drug-likeness (QED) is 0.663. The molecule has 0 bridgehead atoms. The number of aromatic hydroxyl groups is 1. The number of rotatable bonds is 2. The minimum atomic E-state index is -0.465. The molecule has 1 aromatic carbocycles. The van der Waals surface area contributed by atoms with Gasteiger partial charge in [-0.3, -0.25) is 0 Å². The highest BCUT2D eigenvalue weighted by molar-refractivity contribution is 5.30. The summed E-state index contributed by atoms with van der Waals surface area (Å²) in [6, 6.07) is 6.54. The molecule has 0 aromatic heterocycles. The average Bonchev–Trinajstić information content (AvgIpc) is 2.25. The molecule has 1 saturated heterocycles. The van der Waals surface area contributed by atoms with E-state index in [2.05, 4.69) is 5.32 Å². The van der Waals surface area contributed by atoms with Crippen molar-refractivity contribution < 1.29 is 14.9 Å². The summed E-state index contributed by atoms with van der Waals surface area (Å²) in [6.45, 7) is 1.43. The summed E-state index contributed by atoms with van der Waals surface area (Å²) in [6.07, 6.45) is 0.172. The minimum absolute atomic E-state index is 0.157. The van der Waals surface area contributed by atoms with Crippen LogP contribution in [-0.4, -0.2) is 35.5 Å². The largest absolute Gasteiger partial charge is 0.508 e. The summed E-state index contributed by atoms with van der Waals surface area (Å²) in [5.74, 6) is 0.895. The fraction of sp³-hybridized carbons (Fsp3) is 0.455. The Morgan fingerprint density at radius 2 is 2.00 bits per heavy atom. The maximum atomic E-state index is 9.65. The van der Waals surface area contributed by atoms with Crippen molar-refractivity contribution in [2.45, 2.75) is 18.6 Å². The monoisotopic (exact) mass is 209 g/mol. The lowest BCUT2D eigenvalue weighted by Gasteiger charge is -2.28. The number of benzene rings is 1. The van der Waals surface area contributed by atoms with E-state index in [4.69, 9.17) is 9.84 Å². The number of aliphatic hydroxyl groups is 1. The number of hydrogen-bond donors (Lipinski definition) is 3. The molecule has 3 N–H and O–H groups in total. The number of ether oxygens (including phenoxy) is 1. The lowest BCUT2D eigenvalue weighted by atomic mass is 10.1. The summed E-state index contributed by atoms with van der Waals surface area (Å²) in [4.78, 5) is 0. The molecule has 2 rings (SSSR count). The van der Waals surface area contributed by atoms with Gasteiger partial charge in [0.1, 0.15) is 23.7 Å². The molecule has 0 aliphatic carbocycles. The Kier molecular flexibility index (Phi) is 3.08. The second-order valence-corrected chi connectivity index (χ2v) is 3.71. The zero-order valence-corrected chi connectivity index (χ0v) is 8.39. The van der Waals surface area contributed by atoms with E-state index in [-0.39, 0.29) is 11.9 Å². The molecule has 0 spiro atoms. The number of aliphatic hydroxyl groups excluding tert-OH is 1. The van der Waals surface area contributed by atoms with Gasteiger partial charge in [0.25, 0.3) is 0 Å². The van der Waals surface area contributed by atoms with E-state index in [1.165, 1.54) is 0 Å². The van der Waals surface area contributed by atoms with Crippen LogP contribution in [0.2, 0.25) is 0 Å². The molecule has 1 aliphatic rings. The van der Waals surface area contributed by atoms with Crippen LogP contribution >= 0.6 is 0 Å². The summed E-state index contributed by atoms with van der Waals surface area (Å²) in [7, 11) is 0. The molecule has 82 valence electrons. The highest BCUT2D eigenvalue weighted by Crippen LogP contribution is 2.19. The van der Waals surface area contributed by atoms with E-state index in [0.717, 1.165) is 13.0 Å². The summed E-state index contributed by atoms with van der Waals surface area (Å²) < 4.78 is 5.62. The average molecular weight is 209 g/mol. The molecule has 1 aliphatic heterocycles. The van der Waals surface area contributed by atoms with E-state index in [9.17, 15) is 5.11 Å². The van der Waals surface area contributed by atoms with Crippen molar-refractivity contribution in [3.63, 3.8) is 0 Å². The van der Waals surface area contributed by atoms with Crippen LogP contribution in [0.5, 0.6) is 11.5 Å². The first-order valence-electron chi connectivity index (χ1n) is 5.10. The van der Waals surface area contributed by atoms with E-state index in [1.807, 2.05) is 0 Å². The zero-order valence-electron chi connectivity index (χ0n) is 8.39. The van der Waals surface area contributed by atoms with Crippen LogP contribution in [0, 0.1) is 0 Å². The van der Waals surface area contributed by atoms with Crippen LogP contribution in [0.1, 0.15) is 6.42 Å². The van der Waals surface area contributed by atoms with Gasteiger partial charge in [-0.25, -0.2) is 0 Å². The van der Waals surface area contributed by atoms with Gasteiger partial charge in [0, 0.05) is 6.54 Å². The van der Waals surface area contributed by atoms with Crippen molar-refractivity contribution in [1.29, 1.82) is 0 Å². The normalized spacial score (nSPS) is 26.2. The Morgan fingerprint density at radius 3 is 2.67 bits per heavy atom. The van der Waals surface area contributed by atoms with Crippen molar-refractivity contribution in [1.82, 2.24) is 5.32 Å². The highest BCUT2D eigenvalue weighted by atomic mass is 16.5. The first-order chi connectivity index (χ1) is 7.25. The van der Waals surface area contributed by atoms with Crippen molar-refractivity contribution in [2.24, 2.45) is 0 Å². The highest BCUT2D eigenvalue weighted by Gasteiger charge is 2.24. The molecule has 4 heteroatoms. The van der Waals surface area contributed by atoms with Crippen molar-refractivity contribution in [3.8, 4) is 11.5 Å². The maximum absolute atomic E-state index is 9.65. The Labute approximate surface area is 88.5 Å². The van der Waals surface area contributed by atoms with Crippen molar-refractivity contribution >= 4 is 0 Å². The topological polar surface area (TPSA) is 61.7 Å². The molecular formula is C11H15NO3. The number of phenolic OH excluding ortho intramolecular Hbond substituents is 1. The van der Waals surface area contributed by atoms with Gasteiger partial charge in [-0.1, -0.05) is 0 Å². The molecule has 0 radical (unpaired) electrons. The fourth-order valence-electron chi connectivity index (χ4n) is 1.66. The van der Waals surface area contributed by atoms with Gasteiger partial charge in [-0.15, -0.1) is 0 Å². The van der Waals surface area contributed by atoms with E-state index in [0.29, 0.717) is 12.3 Å². The Bertz CT molecular complexity index is 312. The lowest BCUT2D eigenvalue weighted by molar-refractivity contribution is 0.0162. The van der Waals surface area contributed by atoms with E-state index in [1.54, 1.807) is 24.3 Å². The Morgan fingerprint density at radius 1 is 1.27 bits per heavy atom. The summed E-state index contributed by atoms with van der Waals surface area (Å²) >= 11 is 0. The predicted octanol–water partition coefficient (Wildman–Crippen LogP) is 0.494. The van der Waals surface area contributed by atoms with Crippen molar-refractivity contribution in [3.05, 3.63) is 24.3 Å². The van der Waals surface area contributed by atoms with Crippen LogP contribution in [0.3, 0.4) is 0 Å². The SMILES string of the molecule is Oc1ccc(OC2CCNCC2O)cc1.